The van der Waals surface area contributed by atoms with E-state index in [1.165, 1.54) is 0 Å². The predicted molar refractivity (Wildman–Crippen MR) is 60.4 cm³/mol. The van der Waals surface area contributed by atoms with Gasteiger partial charge in [0.1, 0.15) is 17.2 Å². The zero-order valence-corrected chi connectivity index (χ0v) is 9.40. The molecule has 0 amide bonds. The molecule has 2 aromatic rings. The van der Waals surface area contributed by atoms with Crippen LogP contribution in [0.1, 0.15) is 17.1 Å². The van der Waals surface area contributed by atoms with Crippen molar-refractivity contribution in [2.45, 2.75) is 20.8 Å². The molecule has 0 saturated carbocycles. The molecule has 6 heteroatoms. The van der Waals surface area contributed by atoms with E-state index in [0.29, 0.717) is 11.6 Å². The number of nitrogens with one attached hydrogen (secondary N) is 1. The molecule has 2 heterocycles. The van der Waals surface area contributed by atoms with Crippen LogP contribution in [0.3, 0.4) is 0 Å². The number of hydrogen-bond acceptors (Lipinski definition) is 6. The summed E-state index contributed by atoms with van der Waals surface area (Å²) in [6.45, 7) is 5.55. The first-order chi connectivity index (χ1) is 7.56. The number of anilines is 3. The summed E-state index contributed by atoms with van der Waals surface area (Å²) in [7, 11) is 0. The van der Waals surface area contributed by atoms with Crippen LogP contribution in [-0.2, 0) is 0 Å². The first-order valence-corrected chi connectivity index (χ1v) is 4.87. The average molecular weight is 219 g/mol. The predicted octanol–water partition coefficient (Wildman–Crippen LogP) is 1.72. The van der Waals surface area contributed by atoms with Crippen LogP contribution in [0.2, 0.25) is 0 Å². The second-order valence-corrected chi connectivity index (χ2v) is 3.58. The molecule has 3 N–H and O–H groups in total. The normalized spacial score (nSPS) is 10.4. The Morgan fingerprint density at radius 3 is 2.56 bits per heavy atom. The van der Waals surface area contributed by atoms with Crippen molar-refractivity contribution in [2.75, 3.05) is 11.1 Å². The molecule has 0 bridgehead atoms. The Labute approximate surface area is 92.9 Å². The molecule has 0 spiro atoms. The summed E-state index contributed by atoms with van der Waals surface area (Å²) in [6, 6.07) is 1.81. The maximum absolute atomic E-state index is 5.56. The molecular formula is C10H13N5O. The number of nitrogens with two attached hydrogens (primary N) is 1. The fourth-order valence-corrected chi connectivity index (χ4v) is 1.45. The van der Waals surface area contributed by atoms with Gasteiger partial charge >= 0.3 is 0 Å². The Morgan fingerprint density at radius 2 is 2.00 bits per heavy atom. The van der Waals surface area contributed by atoms with Gasteiger partial charge in [0.15, 0.2) is 5.76 Å². The highest BCUT2D eigenvalue weighted by molar-refractivity contribution is 5.61. The molecule has 0 aromatic carbocycles. The van der Waals surface area contributed by atoms with Crippen LogP contribution in [0.15, 0.2) is 10.6 Å². The van der Waals surface area contributed by atoms with Gasteiger partial charge in [0.05, 0.1) is 0 Å². The first-order valence-electron chi connectivity index (χ1n) is 4.87. The molecule has 16 heavy (non-hydrogen) atoms. The Balaban J connectivity index is 2.34. The summed E-state index contributed by atoms with van der Waals surface area (Å²) in [4.78, 5) is 8.07. The zero-order valence-electron chi connectivity index (χ0n) is 9.40. The zero-order chi connectivity index (χ0) is 11.7. The summed E-state index contributed by atoms with van der Waals surface area (Å²) in [6.07, 6.45) is 0. The van der Waals surface area contributed by atoms with Crippen molar-refractivity contribution in [2.24, 2.45) is 0 Å². The Kier molecular flexibility index (Phi) is 2.47. The van der Waals surface area contributed by atoms with Gasteiger partial charge in [0.25, 0.3) is 0 Å². The summed E-state index contributed by atoms with van der Waals surface area (Å²) in [5.41, 5.74) is 7.97. The maximum Gasteiger partial charge on any atom is 0.222 e. The second-order valence-electron chi connectivity index (χ2n) is 3.58. The van der Waals surface area contributed by atoms with E-state index in [1.54, 1.807) is 0 Å². The number of nitrogen functional groups attached to an aromatic ring is 1. The van der Waals surface area contributed by atoms with E-state index < -0.39 is 0 Å². The van der Waals surface area contributed by atoms with E-state index in [4.69, 9.17) is 10.3 Å². The minimum atomic E-state index is 0.245. The van der Waals surface area contributed by atoms with Gasteiger partial charge < -0.3 is 15.6 Å². The summed E-state index contributed by atoms with van der Waals surface area (Å²) < 4.78 is 5.04. The molecule has 6 nitrogen and oxygen atoms in total. The van der Waals surface area contributed by atoms with Crippen LogP contribution < -0.4 is 11.1 Å². The number of aromatic nitrogens is 3. The van der Waals surface area contributed by atoms with Crippen molar-refractivity contribution in [3.05, 3.63) is 23.2 Å². The Hall–Kier alpha value is -2.11. The third-order valence-corrected chi connectivity index (χ3v) is 2.16. The van der Waals surface area contributed by atoms with E-state index in [1.807, 2.05) is 26.8 Å². The highest BCUT2D eigenvalue weighted by atomic mass is 16.5. The lowest BCUT2D eigenvalue weighted by Crippen LogP contribution is -2.02. The van der Waals surface area contributed by atoms with E-state index in [0.717, 1.165) is 17.1 Å². The van der Waals surface area contributed by atoms with Crippen LogP contribution in [0.5, 0.6) is 0 Å². The fourth-order valence-electron chi connectivity index (χ4n) is 1.45. The second kappa shape index (κ2) is 3.80. The lowest BCUT2D eigenvalue weighted by Gasteiger charge is -2.05. The first kappa shape index (κ1) is 10.4. The molecule has 0 radical (unpaired) electrons. The van der Waals surface area contributed by atoms with E-state index in [9.17, 15) is 0 Å². The SMILES string of the molecule is Cc1cc(Nc2c(C)noc2C)nc(N)n1. The highest BCUT2D eigenvalue weighted by Gasteiger charge is 2.10. The van der Waals surface area contributed by atoms with Crippen molar-refractivity contribution in [1.82, 2.24) is 15.1 Å². The van der Waals surface area contributed by atoms with E-state index in [2.05, 4.69) is 20.4 Å². The Morgan fingerprint density at radius 1 is 1.25 bits per heavy atom. The van der Waals surface area contributed by atoms with Gasteiger partial charge in [-0.25, -0.2) is 4.98 Å². The lowest BCUT2D eigenvalue weighted by molar-refractivity contribution is 0.393. The molecule has 0 atom stereocenters. The molecule has 0 aliphatic carbocycles. The number of nitrogens with zero attached hydrogens (tertiary/aromatic N) is 3. The van der Waals surface area contributed by atoms with Gasteiger partial charge in [-0.2, -0.15) is 4.98 Å². The topological polar surface area (TPSA) is 89.9 Å². The number of hydrogen-bond donors (Lipinski definition) is 2. The molecule has 84 valence electrons. The molecule has 0 saturated heterocycles. The minimum Gasteiger partial charge on any atom is -0.368 e. The van der Waals surface area contributed by atoms with Crippen molar-refractivity contribution in [3.8, 4) is 0 Å². The van der Waals surface area contributed by atoms with Crippen molar-refractivity contribution in [1.29, 1.82) is 0 Å². The standard InChI is InChI=1S/C10H13N5O/c1-5-4-8(14-10(11)12-5)13-9-6(2)15-16-7(9)3/h4H,1-3H3,(H3,11,12,13,14). The van der Waals surface area contributed by atoms with Crippen LogP contribution in [0, 0.1) is 20.8 Å². The van der Waals surface area contributed by atoms with Gasteiger partial charge in [0, 0.05) is 11.8 Å². The molecule has 0 aliphatic heterocycles. The summed E-state index contributed by atoms with van der Waals surface area (Å²) >= 11 is 0. The third-order valence-electron chi connectivity index (χ3n) is 2.16. The quantitative estimate of drug-likeness (QED) is 0.799. The molecule has 0 aliphatic rings. The fraction of sp³-hybridized carbons (Fsp3) is 0.300. The smallest absolute Gasteiger partial charge is 0.222 e. The van der Waals surface area contributed by atoms with E-state index in [-0.39, 0.29) is 5.95 Å². The molecule has 2 aromatic heterocycles. The van der Waals surface area contributed by atoms with Crippen LogP contribution >= 0.6 is 0 Å². The summed E-state index contributed by atoms with van der Waals surface area (Å²) in [5, 5.41) is 6.96. The van der Waals surface area contributed by atoms with Crippen molar-refractivity contribution >= 4 is 17.5 Å². The van der Waals surface area contributed by atoms with Gasteiger partial charge in [-0.05, 0) is 20.8 Å². The van der Waals surface area contributed by atoms with Gasteiger partial charge in [-0.15, -0.1) is 0 Å². The largest absolute Gasteiger partial charge is 0.368 e. The summed E-state index contributed by atoms with van der Waals surface area (Å²) in [5.74, 6) is 1.60. The maximum atomic E-state index is 5.56. The molecular weight excluding hydrogens is 206 g/mol. The van der Waals surface area contributed by atoms with E-state index >= 15 is 0 Å². The number of rotatable bonds is 2. The van der Waals surface area contributed by atoms with Crippen LogP contribution in [0.4, 0.5) is 17.5 Å². The van der Waals surface area contributed by atoms with Crippen molar-refractivity contribution in [3.63, 3.8) is 0 Å². The lowest BCUT2D eigenvalue weighted by atomic mass is 10.3. The van der Waals surface area contributed by atoms with Gasteiger partial charge in [-0.1, -0.05) is 5.16 Å². The third kappa shape index (κ3) is 1.95. The molecule has 0 unspecified atom stereocenters. The minimum absolute atomic E-state index is 0.245. The molecule has 0 fully saturated rings. The van der Waals surface area contributed by atoms with Crippen molar-refractivity contribution < 1.29 is 4.52 Å². The monoisotopic (exact) mass is 219 g/mol. The van der Waals surface area contributed by atoms with Gasteiger partial charge in [-0.3, -0.25) is 0 Å². The van der Waals surface area contributed by atoms with Crippen LogP contribution in [-0.4, -0.2) is 15.1 Å². The average Bonchev–Trinajstić information content (AvgIpc) is 2.48. The van der Waals surface area contributed by atoms with Crippen LogP contribution in [0.25, 0.3) is 0 Å². The molecule has 2 rings (SSSR count). The Bertz CT molecular complexity index is 480. The number of aryl methyl sites for hydroxylation is 3. The van der Waals surface area contributed by atoms with Gasteiger partial charge in [0.2, 0.25) is 5.95 Å². The highest BCUT2D eigenvalue weighted by Crippen LogP contribution is 2.23.